The Kier molecular flexibility index (Phi) is 4.29. The van der Waals surface area contributed by atoms with Crippen LogP contribution in [-0.4, -0.2) is 27.5 Å². The summed E-state index contributed by atoms with van der Waals surface area (Å²) in [5, 5.41) is 7.34. The molecule has 0 saturated carbocycles. The maximum Gasteiger partial charge on any atom is 0.276 e. The molecule has 1 aromatic carbocycles. The van der Waals surface area contributed by atoms with Gasteiger partial charge in [0.25, 0.3) is 5.91 Å². The van der Waals surface area contributed by atoms with Gasteiger partial charge in [0.2, 0.25) is 0 Å². The van der Waals surface area contributed by atoms with Gasteiger partial charge in [0.1, 0.15) is 0 Å². The largest absolute Gasteiger partial charge is 0.395 e. The molecule has 0 radical (unpaired) electrons. The predicted molar refractivity (Wildman–Crippen MR) is 79.6 cm³/mol. The van der Waals surface area contributed by atoms with Crippen molar-refractivity contribution in [2.75, 3.05) is 12.3 Å². The maximum atomic E-state index is 12.4. The normalized spacial score (nSPS) is 10.6. The molecule has 0 aliphatic rings. The van der Waals surface area contributed by atoms with E-state index in [1.807, 2.05) is 31.2 Å². The van der Waals surface area contributed by atoms with Crippen LogP contribution in [0.2, 0.25) is 5.02 Å². The van der Waals surface area contributed by atoms with Crippen LogP contribution in [0.4, 0.5) is 5.69 Å². The average Bonchev–Trinajstić information content (AvgIpc) is 2.77. The summed E-state index contributed by atoms with van der Waals surface area (Å²) in [5.74, 6) is -0.200. The number of carbonyl (C=O) groups is 1. The second kappa shape index (κ2) is 5.96. The second-order valence-electron chi connectivity index (χ2n) is 4.52. The first-order valence-electron chi connectivity index (χ1n) is 6.37. The summed E-state index contributed by atoms with van der Waals surface area (Å²) < 4.78 is 0. The number of hydrogen-bond donors (Lipinski definition) is 2. The third kappa shape index (κ3) is 2.77. The first kappa shape index (κ1) is 14.4. The number of aromatic nitrogens is 2. The number of halogens is 1. The molecule has 2 rings (SSSR count). The number of aryl methyl sites for hydroxylation is 1. The summed E-state index contributed by atoms with van der Waals surface area (Å²) in [5.41, 5.74) is 8.10. The number of rotatable bonds is 4. The molecular formula is C14H17ClN4O. The van der Waals surface area contributed by atoms with E-state index in [2.05, 4.69) is 10.2 Å². The standard InChI is InChI=1S/C14H17ClN4O/c1-3-19(8-10-6-4-5-7-11(10)15)14(20)13-12(16)9(2)17-18-13/h4-7H,3,8,16H2,1-2H3,(H,17,18). The van der Waals surface area contributed by atoms with E-state index in [-0.39, 0.29) is 11.6 Å². The van der Waals surface area contributed by atoms with Gasteiger partial charge >= 0.3 is 0 Å². The van der Waals surface area contributed by atoms with Gasteiger partial charge in [-0.05, 0) is 25.5 Å². The number of nitrogen functional groups attached to an aromatic ring is 1. The van der Waals surface area contributed by atoms with Crippen molar-refractivity contribution in [2.24, 2.45) is 0 Å². The highest BCUT2D eigenvalue weighted by Crippen LogP contribution is 2.20. The van der Waals surface area contributed by atoms with E-state index in [4.69, 9.17) is 17.3 Å². The van der Waals surface area contributed by atoms with Gasteiger partial charge in [-0.2, -0.15) is 5.10 Å². The lowest BCUT2D eigenvalue weighted by Gasteiger charge is -2.20. The van der Waals surface area contributed by atoms with Gasteiger partial charge in [-0.25, -0.2) is 0 Å². The number of hydrogen-bond acceptors (Lipinski definition) is 3. The summed E-state index contributed by atoms with van der Waals surface area (Å²) in [6, 6.07) is 7.46. The van der Waals surface area contributed by atoms with E-state index in [0.717, 1.165) is 5.56 Å². The Morgan fingerprint density at radius 3 is 2.70 bits per heavy atom. The molecule has 0 saturated heterocycles. The molecule has 106 valence electrons. The lowest BCUT2D eigenvalue weighted by Crippen LogP contribution is -2.31. The van der Waals surface area contributed by atoms with E-state index >= 15 is 0 Å². The van der Waals surface area contributed by atoms with Gasteiger partial charge in [0, 0.05) is 18.1 Å². The van der Waals surface area contributed by atoms with Crippen LogP contribution in [0, 0.1) is 6.92 Å². The van der Waals surface area contributed by atoms with Gasteiger partial charge in [0.15, 0.2) is 5.69 Å². The number of nitrogens with zero attached hydrogens (tertiary/aromatic N) is 2. The van der Waals surface area contributed by atoms with Crippen molar-refractivity contribution in [3.63, 3.8) is 0 Å². The molecule has 0 spiro atoms. The van der Waals surface area contributed by atoms with Gasteiger partial charge in [-0.15, -0.1) is 0 Å². The predicted octanol–water partition coefficient (Wildman–Crippen LogP) is 2.62. The SMILES string of the molecule is CCN(Cc1ccccc1Cl)C(=O)c1n[nH]c(C)c1N. The zero-order valence-electron chi connectivity index (χ0n) is 11.5. The van der Waals surface area contributed by atoms with Crippen LogP contribution >= 0.6 is 11.6 Å². The van der Waals surface area contributed by atoms with Crippen molar-refractivity contribution in [3.05, 3.63) is 46.2 Å². The highest BCUT2D eigenvalue weighted by atomic mass is 35.5. The average molecular weight is 293 g/mol. The Hall–Kier alpha value is -2.01. The summed E-state index contributed by atoms with van der Waals surface area (Å²) >= 11 is 6.13. The number of H-pyrrole nitrogens is 1. The van der Waals surface area contributed by atoms with Gasteiger partial charge in [-0.3, -0.25) is 9.89 Å². The smallest absolute Gasteiger partial charge is 0.276 e. The van der Waals surface area contributed by atoms with Gasteiger partial charge < -0.3 is 10.6 Å². The zero-order valence-corrected chi connectivity index (χ0v) is 12.2. The molecule has 20 heavy (non-hydrogen) atoms. The molecule has 0 fully saturated rings. The van der Waals surface area contributed by atoms with E-state index < -0.39 is 0 Å². The second-order valence-corrected chi connectivity index (χ2v) is 4.93. The molecule has 1 heterocycles. The molecule has 5 nitrogen and oxygen atoms in total. The molecule has 6 heteroatoms. The number of nitrogens with two attached hydrogens (primary N) is 1. The Morgan fingerprint density at radius 1 is 1.45 bits per heavy atom. The fourth-order valence-electron chi connectivity index (χ4n) is 1.91. The van der Waals surface area contributed by atoms with E-state index in [1.54, 1.807) is 11.8 Å². The van der Waals surface area contributed by atoms with Crippen LogP contribution in [0.5, 0.6) is 0 Å². The quantitative estimate of drug-likeness (QED) is 0.909. The summed E-state index contributed by atoms with van der Waals surface area (Å²) in [6.45, 7) is 4.67. The van der Waals surface area contributed by atoms with Crippen LogP contribution in [0.25, 0.3) is 0 Å². The Morgan fingerprint density at radius 2 is 2.15 bits per heavy atom. The lowest BCUT2D eigenvalue weighted by atomic mass is 10.2. The van der Waals surface area contributed by atoms with Crippen LogP contribution < -0.4 is 5.73 Å². The van der Waals surface area contributed by atoms with E-state index in [0.29, 0.717) is 29.5 Å². The topological polar surface area (TPSA) is 75.0 Å². The van der Waals surface area contributed by atoms with Crippen LogP contribution in [-0.2, 0) is 6.54 Å². The van der Waals surface area contributed by atoms with E-state index in [1.165, 1.54) is 0 Å². The van der Waals surface area contributed by atoms with Crippen LogP contribution in [0.1, 0.15) is 28.7 Å². The number of aromatic amines is 1. The fraction of sp³-hybridized carbons (Fsp3) is 0.286. The highest BCUT2D eigenvalue weighted by molar-refractivity contribution is 6.31. The summed E-state index contributed by atoms with van der Waals surface area (Å²) in [7, 11) is 0. The molecular weight excluding hydrogens is 276 g/mol. The minimum absolute atomic E-state index is 0.200. The lowest BCUT2D eigenvalue weighted by molar-refractivity contribution is 0.0747. The van der Waals surface area contributed by atoms with Crippen molar-refractivity contribution >= 4 is 23.2 Å². The molecule has 0 aliphatic heterocycles. The van der Waals surface area contributed by atoms with Crippen LogP contribution in [0.3, 0.4) is 0 Å². The molecule has 1 aromatic heterocycles. The highest BCUT2D eigenvalue weighted by Gasteiger charge is 2.21. The third-order valence-electron chi connectivity index (χ3n) is 3.19. The van der Waals surface area contributed by atoms with Crippen LogP contribution in [0.15, 0.2) is 24.3 Å². The van der Waals surface area contributed by atoms with Gasteiger partial charge in [0.05, 0.1) is 11.4 Å². The van der Waals surface area contributed by atoms with Crippen molar-refractivity contribution in [1.82, 2.24) is 15.1 Å². The number of benzene rings is 1. The summed E-state index contributed by atoms with van der Waals surface area (Å²) in [4.78, 5) is 14.1. The van der Waals surface area contributed by atoms with E-state index in [9.17, 15) is 4.79 Å². The number of amides is 1. The molecule has 0 atom stereocenters. The van der Waals surface area contributed by atoms with Crippen molar-refractivity contribution in [2.45, 2.75) is 20.4 Å². The summed E-state index contributed by atoms with van der Waals surface area (Å²) in [6.07, 6.45) is 0. The van der Waals surface area contributed by atoms with Crippen molar-refractivity contribution in [1.29, 1.82) is 0 Å². The number of carbonyl (C=O) groups excluding carboxylic acids is 1. The minimum Gasteiger partial charge on any atom is -0.395 e. The molecule has 0 aliphatic carbocycles. The molecule has 0 unspecified atom stereocenters. The van der Waals surface area contributed by atoms with Crippen molar-refractivity contribution in [3.8, 4) is 0 Å². The Labute approximate surface area is 122 Å². The Bertz CT molecular complexity index is 623. The first-order valence-corrected chi connectivity index (χ1v) is 6.75. The number of nitrogens with one attached hydrogen (secondary N) is 1. The molecule has 2 aromatic rings. The molecule has 3 N–H and O–H groups in total. The van der Waals surface area contributed by atoms with Gasteiger partial charge in [-0.1, -0.05) is 29.8 Å². The first-order chi connectivity index (χ1) is 9.54. The minimum atomic E-state index is -0.200. The number of anilines is 1. The van der Waals surface area contributed by atoms with Crippen molar-refractivity contribution < 1.29 is 4.79 Å². The monoisotopic (exact) mass is 292 g/mol. The Balaban J connectivity index is 2.23. The third-order valence-corrected chi connectivity index (χ3v) is 3.55. The zero-order chi connectivity index (χ0) is 14.7. The maximum absolute atomic E-state index is 12.4. The molecule has 1 amide bonds. The molecule has 0 bridgehead atoms. The fourth-order valence-corrected chi connectivity index (χ4v) is 2.11.